The Labute approximate surface area is 150 Å². The second-order valence-corrected chi connectivity index (χ2v) is 5.71. The maximum Gasteiger partial charge on any atom is 0.271 e. The number of hydrazone groups is 1. The summed E-state index contributed by atoms with van der Waals surface area (Å²) in [5.41, 5.74) is 3.57. The van der Waals surface area contributed by atoms with E-state index in [4.69, 9.17) is 25.8 Å². The van der Waals surface area contributed by atoms with Gasteiger partial charge in [0, 0.05) is 17.2 Å². The fraction of sp³-hybridized carbons (Fsp3) is 0.222. The van der Waals surface area contributed by atoms with Crippen molar-refractivity contribution in [3.63, 3.8) is 0 Å². The van der Waals surface area contributed by atoms with Crippen molar-refractivity contribution in [1.82, 2.24) is 5.43 Å². The molecule has 0 aromatic heterocycles. The maximum atomic E-state index is 12.1. The van der Waals surface area contributed by atoms with Crippen LogP contribution in [0.1, 0.15) is 29.3 Å². The van der Waals surface area contributed by atoms with Crippen molar-refractivity contribution in [2.45, 2.75) is 13.3 Å². The standard InChI is InChI=1S/C18H17ClN2O4/c1-2-7-23-14-5-3-12(4-6-14)18(22)21-20-10-13-8-16-17(9-15(13)19)25-11-24-16/h3-6,8-10H,2,7,11H2,1H3,(H,21,22)/b20-10-. The molecule has 0 spiro atoms. The summed E-state index contributed by atoms with van der Waals surface area (Å²) in [5, 5.41) is 4.40. The fourth-order valence-corrected chi connectivity index (χ4v) is 2.38. The second kappa shape index (κ2) is 7.90. The van der Waals surface area contributed by atoms with Gasteiger partial charge in [-0.3, -0.25) is 4.79 Å². The van der Waals surface area contributed by atoms with Gasteiger partial charge in [0.15, 0.2) is 11.5 Å². The van der Waals surface area contributed by atoms with Crippen molar-refractivity contribution in [1.29, 1.82) is 0 Å². The lowest BCUT2D eigenvalue weighted by Crippen LogP contribution is -2.17. The summed E-state index contributed by atoms with van der Waals surface area (Å²) in [6.45, 7) is 2.85. The van der Waals surface area contributed by atoms with Crippen molar-refractivity contribution in [2.75, 3.05) is 13.4 Å². The molecule has 25 heavy (non-hydrogen) atoms. The fourth-order valence-electron chi connectivity index (χ4n) is 2.18. The molecule has 3 rings (SSSR count). The molecule has 7 heteroatoms. The number of fused-ring (bicyclic) bond motifs is 1. The molecule has 0 aliphatic carbocycles. The molecule has 0 bridgehead atoms. The number of halogens is 1. The SMILES string of the molecule is CCCOc1ccc(C(=O)N/N=C\c2cc3c(cc2Cl)OCO3)cc1. The molecule has 0 radical (unpaired) electrons. The van der Waals surface area contributed by atoms with Gasteiger partial charge in [-0.05, 0) is 36.8 Å². The van der Waals surface area contributed by atoms with Crippen LogP contribution in [0.25, 0.3) is 0 Å². The van der Waals surface area contributed by atoms with E-state index in [9.17, 15) is 4.79 Å². The number of hydrogen-bond donors (Lipinski definition) is 1. The molecule has 6 nitrogen and oxygen atoms in total. The number of hydrogen-bond acceptors (Lipinski definition) is 5. The lowest BCUT2D eigenvalue weighted by atomic mass is 10.2. The highest BCUT2D eigenvalue weighted by molar-refractivity contribution is 6.33. The van der Waals surface area contributed by atoms with Gasteiger partial charge >= 0.3 is 0 Å². The van der Waals surface area contributed by atoms with E-state index in [2.05, 4.69) is 10.5 Å². The van der Waals surface area contributed by atoms with Crippen molar-refractivity contribution in [3.8, 4) is 17.2 Å². The smallest absolute Gasteiger partial charge is 0.271 e. The predicted molar refractivity (Wildman–Crippen MR) is 94.9 cm³/mol. The van der Waals surface area contributed by atoms with Crippen molar-refractivity contribution in [2.24, 2.45) is 5.10 Å². The molecule has 2 aromatic rings. The zero-order valence-electron chi connectivity index (χ0n) is 13.6. The van der Waals surface area contributed by atoms with Crippen molar-refractivity contribution < 1.29 is 19.0 Å². The molecule has 0 atom stereocenters. The lowest BCUT2D eigenvalue weighted by Gasteiger charge is -2.05. The van der Waals surface area contributed by atoms with E-state index in [-0.39, 0.29) is 12.7 Å². The summed E-state index contributed by atoms with van der Waals surface area (Å²) in [4.78, 5) is 12.1. The molecule has 1 N–H and O–H groups in total. The van der Waals surface area contributed by atoms with E-state index in [0.29, 0.717) is 34.3 Å². The number of carbonyl (C=O) groups excluding carboxylic acids is 1. The molecule has 0 fully saturated rings. The lowest BCUT2D eigenvalue weighted by molar-refractivity contribution is 0.0955. The Morgan fingerprint density at radius 3 is 2.72 bits per heavy atom. The zero-order valence-corrected chi connectivity index (χ0v) is 14.4. The summed E-state index contributed by atoms with van der Waals surface area (Å²) in [5.74, 6) is 1.60. The number of amides is 1. The molecule has 2 aromatic carbocycles. The normalized spacial score (nSPS) is 12.4. The van der Waals surface area contributed by atoms with Crippen LogP contribution in [0.4, 0.5) is 0 Å². The van der Waals surface area contributed by atoms with Crippen LogP contribution in [0.3, 0.4) is 0 Å². The molecule has 0 saturated carbocycles. The number of nitrogens with zero attached hydrogens (tertiary/aromatic N) is 1. The highest BCUT2D eigenvalue weighted by atomic mass is 35.5. The van der Waals surface area contributed by atoms with Crippen LogP contribution in [-0.2, 0) is 0 Å². The van der Waals surface area contributed by atoms with E-state index in [1.807, 2.05) is 6.92 Å². The van der Waals surface area contributed by atoms with E-state index in [1.54, 1.807) is 36.4 Å². The van der Waals surface area contributed by atoms with Gasteiger partial charge in [-0.2, -0.15) is 5.10 Å². The molecule has 1 aliphatic heterocycles. The van der Waals surface area contributed by atoms with E-state index in [1.165, 1.54) is 6.21 Å². The van der Waals surface area contributed by atoms with Crippen LogP contribution in [0, 0.1) is 0 Å². The molecule has 1 amide bonds. The molecule has 0 saturated heterocycles. The first-order chi connectivity index (χ1) is 12.2. The van der Waals surface area contributed by atoms with E-state index in [0.717, 1.165) is 12.2 Å². The summed E-state index contributed by atoms with van der Waals surface area (Å²) in [7, 11) is 0. The zero-order chi connectivity index (χ0) is 17.6. The molecule has 0 unspecified atom stereocenters. The quantitative estimate of drug-likeness (QED) is 0.631. The molecule has 130 valence electrons. The second-order valence-electron chi connectivity index (χ2n) is 5.30. The summed E-state index contributed by atoms with van der Waals surface area (Å²) in [6, 6.07) is 10.2. The van der Waals surface area contributed by atoms with E-state index < -0.39 is 0 Å². The highest BCUT2D eigenvalue weighted by Gasteiger charge is 2.15. The van der Waals surface area contributed by atoms with Gasteiger partial charge in [-0.1, -0.05) is 18.5 Å². The first kappa shape index (κ1) is 17.1. The highest BCUT2D eigenvalue weighted by Crippen LogP contribution is 2.36. The van der Waals surface area contributed by atoms with Crippen molar-refractivity contribution >= 4 is 23.7 Å². The Morgan fingerprint density at radius 1 is 1.28 bits per heavy atom. The van der Waals surface area contributed by atoms with Crippen LogP contribution in [0.15, 0.2) is 41.5 Å². The topological polar surface area (TPSA) is 69.2 Å². The van der Waals surface area contributed by atoms with Gasteiger partial charge in [0.1, 0.15) is 5.75 Å². The van der Waals surface area contributed by atoms with Gasteiger partial charge < -0.3 is 14.2 Å². The average Bonchev–Trinajstić information content (AvgIpc) is 3.07. The molecular weight excluding hydrogens is 344 g/mol. The summed E-state index contributed by atoms with van der Waals surface area (Å²) < 4.78 is 16.0. The van der Waals surface area contributed by atoms with Crippen LogP contribution < -0.4 is 19.6 Å². The van der Waals surface area contributed by atoms with Crippen LogP contribution >= 0.6 is 11.6 Å². The molecular formula is C18H17ClN2O4. The van der Waals surface area contributed by atoms with Crippen molar-refractivity contribution in [3.05, 3.63) is 52.5 Å². The van der Waals surface area contributed by atoms with Crippen LogP contribution in [0.2, 0.25) is 5.02 Å². The Hall–Kier alpha value is -2.73. The van der Waals surface area contributed by atoms with Gasteiger partial charge in [-0.25, -0.2) is 5.43 Å². The molecule has 1 aliphatic rings. The largest absolute Gasteiger partial charge is 0.494 e. The third kappa shape index (κ3) is 4.22. The first-order valence-electron chi connectivity index (χ1n) is 7.83. The van der Waals surface area contributed by atoms with Crippen LogP contribution in [0.5, 0.6) is 17.2 Å². The number of rotatable bonds is 6. The minimum absolute atomic E-state index is 0.168. The van der Waals surface area contributed by atoms with Gasteiger partial charge in [-0.15, -0.1) is 0 Å². The Bertz CT molecular complexity index is 790. The summed E-state index contributed by atoms with van der Waals surface area (Å²) >= 11 is 6.15. The third-order valence-electron chi connectivity index (χ3n) is 3.45. The van der Waals surface area contributed by atoms with E-state index >= 15 is 0 Å². The number of carbonyl (C=O) groups is 1. The Kier molecular flexibility index (Phi) is 5.40. The number of nitrogens with one attached hydrogen (secondary N) is 1. The average molecular weight is 361 g/mol. The minimum Gasteiger partial charge on any atom is -0.494 e. The number of ether oxygens (including phenoxy) is 3. The third-order valence-corrected chi connectivity index (χ3v) is 3.78. The van der Waals surface area contributed by atoms with Crippen LogP contribution in [-0.4, -0.2) is 25.5 Å². The Balaban J connectivity index is 1.61. The number of benzene rings is 2. The monoisotopic (exact) mass is 360 g/mol. The maximum absolute atomic E-state index is 12.1. The minimum atomic E-state index is -0.324. The molecule has 1 heterocycles. The van der Waals surface area contributed by atoms with Gasteiger partial charge in [0.25, 0.3) is 5.91 Å². The van der Waals surface area contributed by atoms with Gasteiger partial charge in [0.05, 0.1) is 17.8 Å². The predicted octanol–water partition coefficient (Wildman–Crippen LogP) is 3.62. The first-order valence-corrected chi connectivity index (χ1v) is 8.20. The summed E-state index contributed by atoms with van der Waals surface area (Å²) in [6.07, 6.45) is 2.39. The van der Waals surface area contributed by atoms with Gasteiger partial charge in [0.2, 0.25) is 6.79 Å². The Morgan fingerprint density at radius 2 is 2.00 bits per heavy atom.